The molecule has 0 radical (unpaired) electrons. The Bertz CT molecular complexity index is 142. The number of methoxy groups -OCH3 is 1. The Morgan fingerprint density at radius 3 is 2.64 bits per heavy atom. The van der Waals surface area contributed by atoms with Crippen LogP contribution in [0.25, 0.3) is 0 Å². The van der Waals surface area contributed by atoms with E-state index in [2.05, 4.69) is 10.1 Å². The molecule has 0 aliphatic carbocycles. The molecule has 0 aromatic carbocycles. The monoisotopic (exact) mass is 181 g/mol. The predicted octanol–water partition coefficient (Wildman–Crippen LogP) is -0.839. The van der Waals surface area contributed by atoms with Crippen molar-refractivity contribution >= 4 is 18.4 Å². The summed E-state index contributed by atoms with van der Waals surface area (Å²) < 4.78 is 4.47. The second-order valence-electron chi connectivity index (χ2n) is 2.36. The molecule has 0 saturated carbocycles. The zero-order valence-corrected chi connectivity index (χ0v) is 7.06. The summed E-state index contributed by atoms with van der Waals surface area (Å²) >= 11 is 0. The minimum absolute atomic E-state index is 0. The normalized spacial score (nSPS) is 29.3. The van der Waals surface area contributed by atoms with Gasteiger partial charge in [0.15, 0.2) is 0 Å². The van der Waals surface area contributed by atoms with Crippen LogP contribution < -0.4 is 5.32 Å². The van der Waals surface area contributed by atoms with Crippen LogP contribution in [0.15, 0.2) is 0 Å². The van der Waals surface area contributed by atoms with Gasteiger partial charge in [-0.15, -0.1) is 12.4 Å². The largest absolute Gasteiger partial charge is 0.469 e. The summed E-state index contributed by atoms with van der Waals surface area (Å²) in [7, 11) is 1.33. The summed E-state index contributed by atoms with van der Waals surface area (Å²) in [6, 6.07) is 0. The first-order valence-electron chi connectivity index (χ1n) is 3.22. The number of hydrogen-bond acceptors (Lipinski definition) is 4. The molecule has 1 rings (SSSR count). The second-order valence-corrected chi connectivity index (χ2v) is 2.36. The zero-order chi connectivity index (χ0) is 7.56. The highest BCUT2D eigenvalue weighted by Gasteiger charge is 2.31. The Labute approximate surface area is 71.3 Å². The quantitative estimate of drug-likeness (QED) is 0.518. The molecule has 0 bridgehead atoms. The van der Waals surface area contributed by atoms with Gasteiger partial charge in [0.25, 0.3) is 0 Å². The molecule has 2 N–H and O–H groups in total. The minimum atomic E-state index is -0.576. The topological polar surface area (TPSA) is 58.6 Å². The number of esters is 1. The van der Waals surface area contributed by atoms with Crippen LogP contribution >= 0.6 is 12.4 Å². The number of carbonyl (C=O) groups excluding carboxylic acids is 1. The number of β-amino-alcohol motifs (C(OH)–C–C–N with tert-alkyl or cyclic N) is 1. The SMILES string of the molecule is COC(=O)C1CNCC1O.Cl. The van der Waals surface area contributed by atoms with Crippen molar-refractivity contribution < 1.29 is 14.6 Å². The summed E-state index contributed by atoms with van der Waals surface area (Å²) in [6.07, 6.45) is -0.576. The average Bonchev–Trinajstić information content (AvgIpc) is 2.34. The predicted molar refractivity (Wildman–Crippen MR) is 41.6 cm³/mol. The number of aliphatic hydroxyl groups is 1. The molecule has 11 heavy (non-hydrogen) atoms. The smallest absolute Gasteiger partial charge is 0.312 e. The van der Waals surface area contributed by atoms with Crippen LogP contribution in [-0.2, 0) is 9.53 Å². The molecule has 0 aromatic rings. The molecule has 5 heteroatoms. The van der Waals surface area contributed by atoms with Gasteiger partial charge < -0.3 is 15.2 Å². The fraction of sp³-hybridized carbons (Fsp3) is 0.833. The third-order valence-corrected chi connectivity index (χ3v) is 1.69. The molecule has 2 atom stereocenters. The van der Waals surface area contributed by atoms with E-state index in [0.29, 0.717) is 13.1 Å². The molecule has 1 fully saturated rings. The first kappa shape index (κ1) is 10.7. The van der Waals surface area contributed by atoms with E-state index < -0.39 is 6.10 Å². The van der Waals surface area contributed by atoms with Crippen molar-refractivity contribution in [2.24, 2.45) is 5.92 Å². The highest BCUT2D eigenvalue weighted by atomic mass is 35.5. The van der Waals surface area contributed by atoms with Gasteiger partial charge in [0.2, 0.25) is 0 Å². The van der Waals surface area contributed by atoms with Crippen molar-refractivity contribution in [1.29, 1.82) is 0 Å². The first-order valence-corrected chi connectivity index (χ1v) is 3.22. The molecular formula is C6H12ClNO3. The highest BCUT2D eigenvalue weighted by Crippen LogP contribution is 2.09. The fourth-order valence-corrected chi connectivity index (χ4v) is 1.06. The summed E-state index contributed by atoms with van der Waals surface area (Å²) in [5, 5.41) is 12.0. The lowest BCUT2D eigenvalue weighted by Crippen LogP contribution is -2.27. The molecular weight excluding hydrogens is 170 g/mol. The van der Waals surface area contributed by atoms with Crippen LogP contribution in [0.3, 0.4) is 0 Å². The van der Waals surface area contributed by atoms with Gasteiger partial charge in [-0.3, -0.25) is 4.79 Å². The Kier molecular flexibility index (Phi) is 4.40. The van der Waals surface area contributed by atoms with Crippen LogP contribution in [0, 0.1) is 5.92 Å². The van der Waals surface area contributed by atoms with Crippen LogP contribution in [0.2, 0.25) is 0 Å². The van der Waals surface area contributed by atoms with E-state index in [1.54, 1.807) is 0 Å². The zero-order valence-electron chi connectivity index (χ0n) is 6.24. The second kappa shape index (κ2) is 4.54. The van der Waals surface area contributed by atoms with Crippen molar-refractivity contribution in [3.05, 3.63) is 0 Å². The molecule has 0 amide bonds. The van der Waals surface area contributed by atoms with Gasteiger partial charge in [-0.1, -0.05) is 0 Å². The van der Waals surface area contributed by atoms with Gasteiger partial charge in [-0.2, -0.15) is 0 Å². The maximum absolute atomic E-state index is 10.8. The Balaban J connectivity index is 0.000001000. The third-order valence-electron chi connectivity index (χ3n) is 1.69. The lowest BCUT2D eigenvalue weighted by atomic mass is 10.1. The van der Waals surface area contributed by atoms with Gasteiger partial charge in [-0.05, 0) is 0 Å². The third kappa shape index (κ3) is 2.32. The van der Waals surface area contributed by atoms with Crippen molar-refractivity contribution in [3.8, 4) is 0 Å². The van der Waals surface area contributed by atoms with Crippen molar-refractivity contribution in [1.82, 2.24) is 5.32 Å². The minimum Gasteiger partial charge on any atom is -0.469 e. The van der Waals surface area contributed by atoms with Gasteiger partial charge in [-0.25, -0.2) is 0 Å². The molecule has 0 spiro atoms. The molecule has 4 nitrogen and oxygen atoms in total. The highest BCUT2D eigenvalue weighted by molar-refractivity contribution is 5.85. The van der Waals surface area contributed by atoms with Crippen LogP contribution in [0.1, 0.15) is 0 Å². The van der Waals surface area contributed by atoms with Crippen LogP contribution in [0.5, 0.6) is 0 Å². The standard InChI is InChI=1S/C6H11NO3.ClH/c1-10-6(9)4-2-7-3-5(4)8;/h4-5,7-8H,2-3H2,1H3;1H. The average molecular weight is 182 g/mol. The molecule has 1 aliphatic rings. The molecule has 1 heterocycles. The molecule has 1 saturated heterocycles. The summed E-state index contributed by atoms with van der Waals surface area (Å²) in [4.78, 5) is 10.8. The van der Waals surface area contributed by atoms with Gasteiger partial charge >= 0.3 is 5.97 Å². The van der Waals surface area contributed by atoms with Gasteiger partial charge in [0.1, 0.15) is 0 Å². The number of aliphatic hydroxyl groups excluding tert-OH is 1. The maximum Gasteiger partial charge on any atom is 0.312 e. The van der Waals surface area contributed by atoms with Crippen molar-refractivity contribution in [2.45, 2.75) is 6.10 Å². The van der Waals surface area contributed by atoms with Gasteiger partial charge in [0.05, 0.1) is 19.1 Å². The van der Waals surface area contributed by atoms with E-state index in [1.165, 1.54) is 7.11 Å². The Morgan fingerprint density at radius 1 is 1.64 bits per heavy atom. The lowest BCUT2D eigenvalue weighted by Gasteiger charge is -2.08. The molecule has 1 aliphatic heterocycles. The van der Waals surface area contributed by atoms with E-state index in [4.69, 9.17) is 5.11 Å². The molecule has 0 aromatic heterocycles. The van der Waals surface area contributed by atoms with E-state index >= 15 is 0 Å². The molecule has 2 unspecified atom stereocenters. The number of carbonyl (C=O) groups is 1. The van der Waals surface area contributed by atoms with E-state index in [9.17, 15) is 4.79 Å². The number of hydrogen-bond donors (Lipinski definition) is 2. The maximum atomic E-state index is 10.8. The Morgan fingerprint density at radius 2 is 2.27 bits per heavy atom. The van der Waals surface area contributed by atoms with E-state index in [1.807, 2.05) is 0 Å². The van der Waals surface area contributed by atoms with Crippen LogP contribution in [0.4, 0.5) is 0 Å². The summed E-state index contributed by atoms with van der Waals surface area (Å²) in [5.74, 6) is -0.706. The fourth-order valence-electron chi connectivity index (χ4n) is 1.06. The number of halogens is 1. The van der Waals surface area contributed by atoms with Crippen molar-refractivity contribution in [2.75, 3.05) is 20.2 Å². The van der Waals surface area contributed by atoms with E-state index in [0.717, 1.165) is 0 Å². The number of nitrogens with one attached hydrogen (secondary N) is 1. The summed E-state index contributed by atoms with van der Waals surface area (Å²) in [5.41, 5.74) is 0. The van der Waals surface area contributed by atoms with E-state index in [-0.39, 0.29) is 24.3 Å². The van der Waals surface area contributed by atoms with Crippen LogP contribution in [-0.4, -0.2) is 37.4 Å². The lowest BCUT2D eigenvalue weighted by molar-refractivity contribution is -0.147. The number of rotatable bonds is 1. The van der Waals surface area contributed by atoms with Gasteiger partial charge in [0, 0.05) is 13.1 Å². The summed E-state index contributed by atoms with van der Waals surface area (Å²) in [6.45, 7) is 1.01. The molecule has 66 valence electrons. The first-order chi connectivity index (χ1) is 4.75. The number of ether oxygens (including phenoxy) is 1. The Hall–Kier alpha value is -0.320. The van der Waals surface area contributed by atoms with Crippen molar-refractivity contribution in [3.63, 3.8) is 0 Å².